The van der Waals surface area contributed by atoms with Gasteiger partial charge in [-0.25, -0.2) is 4.79 Å². The van der Waals surface area contributed by atoms with Crippen LogP contribution < -0.4 is 5.73 Å². The van der Waals surface area contributed by atoms with Gasteiger partial charge in [-0.05, 0) is 98.9 Å². The Morgan fingerprint density at radius 1 is 1.18 bits per heavy atom. The Bertz CT molecular complexity index is 855. The third-order valence-corrected chi connectivity index (χ3v) is 11.0. The van der Waals surface area contributed by atoms with Gasteiger partial charge in [0.2, 0.25) is 0 Å². The van der Waals surface area contributed by atoms with E-state index in [0.29, 0.717) is 30.8 Å². The number of hydrogen-bond donors (Lipinski definition) is 2. The number of ether oxygens (including phenoxy) is 2. The fraction of sp³-hybridized carbons (Fsp3) is 0.852. The molecule has 0 aromatic rings. The molecule has 0 aromatic carbocycles. The molecule has 4 saturated carbocycles. The van der Waals surface area contributed by atoms with E-state index in [4.69, 9.17) is 15.2 Å². The normalized spacial score (nSPS) is 47.6. The molecular weight excluding hydrogens is 418 g/mol. The van der Waals surface area contributed by atoms with Crippen LogP contribution in [0.4, 0.5) is 0 Å². The van der Waals surface area contributed by atoms with Gasteiger partial charge in [-0.3, -0.25) is 4.79 Å². The summed E-state index contributed by atoms with van der Waals surface area (Å²) in [6.45, 7) is 7.01. The lowest BCUT2D eigenvalue weighted by atomic mass is 9.43. The number of carbonyl (C=O) groups excluding carboxylic acids is 2. The Labute approximate surface area is 197 Å². The zero-order valence-electron chi connectivity index (χ0n) is 20.5. The molecule has 4 aliphatic carbocycles. The molecular formula is C27H41NO5. The van der Waals surface area contributed by atoms with Gasteiger partial charge < -0.3 is 20.3 Å². The van der Waals surface area contributed by atoms with Crippen LogP contribution in [0.25, 0.3) is 0 Å². The van der Waals surface area contributed by atoms with Crippen molar-refractivity contribution in [2.45, 2.75) is 103 Å². The van der Waals surface area contributed by atoms with Gasteiger partial charge in [-0.15, -0.1) is 0 Å². The molecule has 4 fully saturated rings. The first-order chi connectivity index (χ1) is 15.6. The third-order valence-electron chi connectivity index (χ3n) is 11.0. The minimum absolute atomic E-state index is 0.0237. The van der Waals surface area contributed by atoms with Crippen molar-refractivity contribution >= 4 is 11.9 Å². The highest BCUT2D eigenvalue weighted by atomic mass is 16.5. The highest BCUT2D eigenvalue weighted by Gasteiger charge is 2.67. The van der Waals surface area contributed by atoms with Crippen molar-refractivity contribution in [1.82, 2.24) is 0 Å². The molecule has 3 N–H and O–H groups in total. The van der Waals surface area contributed by atoms with Gasteiger partial charge in [-0.1, -0.05) is 20.8 Å². The standard InChI is InChI=1S/C27H41NO5/c1-4-22(28)24(30)33-18-7-10-25(2)17(14-18)5-6-21-20(25)8-11-26(3)19(9-12-27(21,26)31)16-13-23(29)32-15-16/h13,17-22,31H,4-12,14-15,28H2,1-3H3/t17-,18+,19-,20+,21-,22?,25+,26-,27+/m1/s1. The Morgan fingerprint density at radius 3 is 2.67 bits per heavy atom. The second-order valence-corrected chi connectivity index (χ2v) is 12.1. The molecule has 6 heteroatoms. The van der Waals surface area contributed by atoms with Crippen molar-refractivity contribution in [1.29, 1.82) is 0 Å². The lowest BCUT2D eigenvalue weighted by molar-refractivity contribution is -0.210. The van der Waals surface area contributed by atoms with E-state index in [2.05, 4.69) is 13.8 Å². The maximum atomic E-state index is 12.3. The Balaban J connectivity index is 1.33. The van der Waals surface area contributed by atoms with Gasteiger partial charge in [0, 0.05) is 11.5 Å². The first-order valence-corrected chi connectivity index (χ1v) is 13.2. The SMILES string of the molecule is CCC(N)C(=O)O[C@H]1CC[C@@]2(C)[C@H](CC[C@@H]3[C@@H]2CC[C@]2(C)[C@@H](C4=CC(=O)OC4)CC[C@]32O)C1. The molecule has 0 bridgehead atoms. The molecule has 0 saturated heterocycles. The Hall–Kier alpha value is -1.40. The highest BCUT2D eigenvalue weighted by Crippen LogP contribution is 2.70. The van der Waals surface area contributed by atoms with Gasteiger partial charge in [0.1, 0.15) is 18.8 Å². The molecule has 0 radical (unpaired) electrons. The van der Waals surface area contributed by atoms with Crippen LogP contribution in [0.1, 0.15) is 85.0 Å². The monoisotopic (exact) mass is 459 g/mol. The fourth-order valence-corrected chi connectivity index (χ4v) is 8.90. The number of hydrogen-bond acceptors (Lipinski definition) is 6. The first-order valence-electron chi connectivity index (χ1n) is 13.2. The van der Waals surface area contributed by atoms with Crippen molar-refractivity contribution in [2.24, 2.45) is 40.2 Å². The number of aliphatic hydroxyl groups is 1. The van der Waals surface area contributed by atoms with Crippen LogP contribution in [-0.2, 0) is 19.1 Å². The molecule has 1 aliphatic heterocycles. The van der Waals surface area contributed by atoms with E-state index in [0.717, 1.165) is 63.4 Å². The quantitative estimate of drug-likeness (QED) is 0.619. The summed E-state index contributed by atoms with van der Waals surface area (Å²) in [5.41, 5.74) is 6.28. The summed E-state index contributed by atoms with van der Waals surface area (Å²) < 4.78 is 11.0. The van der Waals surface area contributed by atoms with E-state index in [1.54, 1.807) is 6.08 Å². The summed E-state index contributed by atoms with van der Waals surface area (Å²) >= 11 is 0. The van der Waals surface area contributed by atoms with Crippen molar-refractivity contribution in [2.75, 3.05) is 6.61 Å². The summed E-state index contributed by atoms with van der Waals surface area (Å²) in [4.78, 5) is 24.0. The molecule has 0 amide bonds. The maximum absolute atomic E-state index is 12.3. The average molecular weight is 460 g/mol. The van der Waals surface area contributed by atoms with Gasteiger partial charge in [0.25, 0.3) is 0 Å². The molecule has 33 heavy (non-hydrogen) atoms. The van der Waals surface area contributed by atoms with Gasteiger partial charge in [-0.2, -0.15) is 0 Å². The molecule has 1 unspecified atom stereocenters. The second-order valence-electron chi connectivity index (χ2n) is 12.1. The number of rotatable bonds is 4. The topological polar surface area (TPSA) is 98.9 Å². The fourth-order valence-electron chi connectivity index (χ4n) is 8.90. The average Bonchev–Trinajstić information content (AvgIpc) is 3.33. The van der Waals surface area contributed by atoms with Gasteiger partial charge in [0.05, 0.1) is 5.60 Å². The van der Waals surface area contributed by atoms with E-state index in [1.165, 1.54) is 0 Å². The summed E-state index contributed by atoms with van der Waals surface area (Å²) in [6.07, 6.45) is 11.1. The van der Waals surface area contributed by atoms with E-state index >= 15 is 0 Å². The lowest BCUT2D eigenvalue weighted by Crippen LogP contribution is -2.62. The third kappa shape index (κ3) is 3.42. The van der Waals surface area contributed by atoms with Crippen LogP contribution in [0, 0.1) is 34.5 Å². The lowest BCUT2D eigenvalue weighted by Gasteiger charge is -2.63. The molecule has 5 aliphatic rings. The summed E-state index contributed by atoms with van der Waals surface area (Å²) in [5.74, 6) is 1.06. The molecule has 0 spiro atoms. The van der Waals surface area contributed by atoms with E-state index in [-0.39, 0.29) is 34.8 Å². The zero-order chi connectivity index (χ0) is 23.6. The van der Waals surface area contributed by atoms with Crippen LogP contribution in [-0.4, -0.2) is 41.4 Å². The van der Waals surface area contributed by atoms with Crippen LogP contribution in [0.5, 0.6) is 0 Å². The second kappa shape index (κ2) is 8.08. The molecule has 0 aromatic heterocycles. The summed E-state index contributed by atoms with van der Waals surface area (Å²) in [6, 6.07) is -0.523. The van der Waals surface area contributed by atoms with Crippen LogP contribution in [0.2, 0.25) is 0 Å². The minimum atomic E-state index is -0.682. The number of carbonyl (C=O) groups is 2. The largest absolute Gasteiger partial charge is 0.461 e. The van der Waals surface area contributed by atoms with Gasteiger partial charge >= 0.3 is 11.9 Å². The predicted molar refractivity (Wildman–Crippen MR) is 124 cm³/mol. The minimum Gasteiger partial charge on any atom is -0.461 e. The van der Waals surface area contributed by atoms with E-state index in [1.807, 2.05) is 6.92 Å². The van der Waals surface area contributed by atoms with Crippen molar-refractivity contribution in [3.8, 4) is 0 Å². The summed E-state index contributed by atoms with van der Waals surface area (Å²) in [7, 11) is 0. The van der Waals surface area contributed by atoms with E-state index in [9.17, 15) is 14.7 Å². The molecule has 1 heterocycles. The smallest absolute Gasteiger partial charge is 0.331 e. The number of cyclic esters (lactones) is 1. The zero-order valence-corrected chi connectivity index (χ0v) is 20.5. The number of nitrogens with two attached hydrogens (primary N) is 1. The highest BCUT2D eigenvalue weighted by molar-refractivity contribution is 5.85. The Morgan fingerprint density at radius 2 is 1.97 bits per heavy atom. The van der Waals surface area contributed by atoms with Crippen molar-refractivity contribution in [3.05, 3.63) is 11.6 Å². The molecule has 6 nitrogen and oxygen atoms in total. The van der Waals surface area contributed by atoms with Crippen molar-refractivity contribution < 1.29 is 24.2 Å². The molecule has 9 atom stereocenters. The number of esters is 2. The molecule has 184 valence electrons. The number of fused-ring (bicyclic) bond motifs is 5. The molecule has 5 rings (SSSR count). The van der Waals surface area contributed by atoms with Crippen LogP contribution in [0.3, 0.4) is 0 Å². The Kier molecular flexibility index (Phi) is 5.72. The maximum Gasteiger partial charge on any atom is 0.331 e. The predicted octanol–water partition coefficient (Wildman–Crippen LogP) is 3.89. The van der Waals surface area contributed by atoms with Crippen molar-refractivity contribution in [3.63, 3.8) is 0 Å². The van der Waals surface area contributed by atoms with Crippen LogP contribution in [0.15, 0.2) is 11.6 Å². The first kappa shape index (κ1) is 23.3. The van der Waals surface area contributed by atoms with E-state index < -0.39 is 11.6 Å². The van der Waals surface area contributed by atoms with Crippen LogP contribution >= 0.6 is 0 Å². The summed E-state index contributed by atoms with van der Waals surface area (Å²) in [5, 5.41) is 12.3. The van der Waals surface area contributed by atoms with Gasteiger partial charge in [0.15, 0.2) is 0 Å².